The minimum absolute atomic E-state index is 0.0814. The second kappa shape index (κ2) is 6.29. The van der Waals surface area contributed by atoms with Crippen LogP contribution in [0.4, 0.5) is 5.69 Å². The molecule has 0 unspecified atom stereocenters. The lowest BCUT2D eigenvalue weighted by Crippen LogP contribution is -2.12. The highest BCUT2D eigenvalue weighted by Gasteiger charge is 2.20. The zero-order valence-corrected chi connectivity index (χ0v) is 12.9. The standard InChI is InChI=1S/C18H12N4O3/c19-11-13(18(20)23)10-14-5-3-9-21(14)17-15-6-2-1-4-12(15)7-8-16(17)22(24)25/h1-10H,(H2,20,23). The number of fused-ring (bicyclic) bond motifs is 1. The molecular weight excluding hydrogens is 320 g/mol. The number of nitrogens with two attached hydrogens (primary N) is 1. The van der Waals surface area contributed by atoms with Gasteiger partial charge in [-0.25, -0.2) is 0 Å². The summed E-state index contributed by atoms with van der Waals surface area (Å²) in [5, 5.41) is 22.1. The molecule has 1 aromatic heterocycles. The molecule has 0 fully saturated rings. The van der Waals surface area contributed by atoms with Crippen molar-refractivity contribution in [1.82, 2.24) is 4.57 Å². The fourth-order valence-corrected chi connectivity index (χ4v) is 2.67. The molecule has 122 valence electrons. The third-order valence-electron chi connectivity index (χ3n) is 3.78. The average Bonchev–Trinajstić information content (AvgIpc) is 3.05. The van der Waals surface area contributed by atoms with Gasteiger partial charge in [-0.2, -0.15) is 5.26 Å². The second-order valence-corrected chi connectivity index (χ2v) is 5.25. The van der Waals surface area contributed by atoms with E-state index in [0.29, 0.717) is 16.8 Å². The quantitative estimate of drug-likeness (QED) is 0.342. The third-order valence-corrected chi connectivity index (χ3v) is 3.78. The molecule has 7 nitrogen and oxygen atoms in total. The number of nitro benzene ring substituents is 1. The maximum atomic E-state index is 11.5. The zero-order chi connectivity index (χ0) is 18.0. The van der Waals surface area contributed by atoms with Gasteiger partial charge in [0, 0.05) is 23.3 Å². The minimum atomic E-state index is -0.859. The van der Waals surface area contributed by atoms with Gasteiger partial charge in [-0.1, -0.05) is 24.3 Å². The summed E-state index contributed by atoms with van der Waals surface area (Å²) in [7, 11) is 0. The molecule has 1 heterocycles. The largest absolute Gasteiger partial charge is 0.365 e. The SMILES string of the molecule is N#CC(=Cc1cccn1-c1c([N+](=O)[O-])ccc2ccccc12)C(N)=O. The number of rotatable bonds is 4. The molecule has 0 aliphatic rings. The monoisotopic (exact) mass is 332 g/mol. The smallest absolute Gasteiger partial charge is 0.293 e. The van der Waals surface area contributed by atoms with Crippen LogP contribution in [0.1, 0.15) is 5.69 Å². The summed E-state index contributed by atoms with van der Waals surface area (Å²) in [5.74, 6) is -0.859. The Hall–Kier alpha value is -3.92. The Balaban J connectivity index is 2.34. The lowest BCUT2D eigenvalue weighted by atomic mass is 10.1. The topological polar surface area (TPSA) is 115 Å². The summed E-state index contributed by atoms with van der Waals surface area (Å²) in [6.07, 6.45) is 2.95. The average molecular weight is 332 g/mol. The number of hydrogen-bond donors (Lipinski definition) is 1. The number of aromatic nitrogens is 1. The van der Waals surface area contributed by atoms with Crippen molar-refractivity contribution in [3.05, 3.63) is 76.1 Å². The summed E-state index contributed by atoms with van der Waals surface area (Å²) in [6, 6.07) is 15.4. The number of nitro groups is 1. The number of nitriles is 1. The summed E-state index contributed by atoms with van der Waals surface area (Å²) in [6.45, 7) is 0. The molecule has 3 aromatic rings. The normalized spacial score (nSPS) is 11.2. The van der Waals surface area contributed by atoms with E-state index in [9.17, 15) is 14.9 Å². The van der Waals surface area contributed by atoms with Crippen LogP contribution in [0.2, 0.25) is 0 Å². The molecule has 0 aliphatic carbocycles. The summed E-state index contributed by atoms with van der Waals surface area (Å²) >= 11 is 0. The van der Waals surface area contributed by atoms with Gasteiger partial charge in [-0.05, 0) is 29.7 Å². The molecule has 0 saturated heterocycles. The molecule has 25 heavy (non-hydrogen) atoms. The molecule has 0 saturated carbocycles. The highest BCUT2D eigenvalue weighted by molar-refractivity contribution is 6.01. The molecule has 0 bridgehead atoms. The molecular formula is C18H12N4O3. The number of hydrogen-bond acceptors (Lipinski definition) is 4. The molecule has 0 atom stereocenters. The van der Waals surface area contributed by atoms with Gasteiger partial charge >= 0.3 is 0 Å². The zero-order valence-electron chi connectivity index (χ0n) is 12.9. The Bertz CT molecular complexity index is 1070. The predicted octanol–water partition coefficient (Wildman–Crippen LogP) is 2.93. The Morgan fingerprint density at radius 3 is 2.64 bits per heavy atom. The lowest BCUT2D eigenvalue weighted by Gasteiger charge is -2.11. The van der Waals surface area contributed by atoms with E-state index in [0.717, 1.165) is 5.39 Å². The van der Waals surface area contributed by atoms with Crippen LogP contribution in [0.3, 0.4) is 0 Å². The van der Waals surface area contributed by atoms with Crippen LogP contribution in [0.25, 0.3) is 22.5 Å². The number of benzene rings is 2. The number of primary amides is 1. The van der Waals surface area contributed by atoms with Crippen LogP contribution >= 0.6 is 0 Å². The van der Waals surface area contributed by atoms with Gasteiger partial charge < -0.3 is 10.3 Å². The van der Waals surface area contributed by atoms with Gasteiger partial charge in [0.05, 0.1) is 4.92 Å². The Labute approximate surface area is 142 Å². The minimum Gasteiger partial charge on any atom is -0.365 e. The fraction of sp³-hybridized carbons (Fsp3) is 0. The van der Waals surface area contributed by atoms with E-state index in [1.807, 2.05) is 12.1 Å². The molecule has 3 rings (SSSR count). The number of amides is 1. The first-order valence-corrected chi connectivity index (χ1v) is 7.28. The first-order valence-electron chi connectivity index (χ1n) is 7.28. The van der Waals surface area contributed by atoms with Gasteiger partial charge in [0.2, 0.25) is 0 Å². The fourth-order valence-electron chi connectivity index (χ4n) is 2.67. The van der Waals surface area contributed by atoms with Crippen LogP contribution < -0.4 is 5.73 Å². The Kier molecular flexibility index (Phi) is 4.02. The van der Waals surface area contributed by atoms with Crippen molar-refractivity contribution in [3.8, 4) is 11.8 Å². The van der Waals surface area contributed by atoms with Crippen molar-refractivity contribution in [2.45, 2.75) is 0 Å². The van der Waals surface area contributed by atoms with Gasteiger partial charge in [-0.15, -0.1) is 0 Å². The highest BCUT2D eigenvalue weighted by Crippen LogP contribution is 2.33. The van der Waals surface area contributed by atoms with Crippen molar-refractivity contribution in [1.29, 1.82) is 5.26 Å². The van der Waals surface area contributed by atoms with E-state index in [-0.39, 0.29) is 11.3 Å². The van der Waals surface area contributed by atoms with Crippen molar-refractivity contribution in [2.75, 3.05) is 0 Å². The maximum Gasteiger partial charge on any atom is 0.293 e. The van der Waals surface area contributed by atoms with E-state index >= 15 is 0 Å². The summed E-state index contributed by atoms with van der Waals surface area (Å²) < 4.78 is 1.57. The maximum absolute atomic E-state index is 11.5. The van der Waals surface area contributed by atoms with E-state index in [1.165, 1.54) is 12.1 Å². The van der Waals surface area contributed by atoms with Crippen molar-refractivity contribution < 1.29 is 9.72 Å². The number of nitrogens with zero attached hydrogens (tertiary/aromatic N) is 3. The van der Waals surface area contributed by atoms with E-state index in [1.54, 1.807) is 47.2 Å². The first kappa shape index (κ1) is 16.0. The lowest BCUT2D eigenvalue weighted by molar-refractivity contribution is -0.384. The molecule has 2 N–H and O–H groups in total. The Morgan fingerprint density at radius 2 is 1.96 bits per heavy atom. The predicted molar refractivity (Wildman–Crippen MR) is 92.7 cm³/mol. The summed E-state index contributed by atoms with van der Waals surface area (Å²) in [5.41, 5.74) is 5.66. The van der Waals surface area contributed by atoms with Crippen molar-refractivity contribution >= 4 is 28.4 Å². The van der Waals surface area contributed by atoms with Crippen molar-refractivity contribution in [3.63, 3.8) is 0 Å². The first-order chi connectivity index (χ1) is 12.0. The molecule has 2 aromatic carbocycles. The van der Waals surface area contributed by atoms with Crippen LogP contribution in [0.15, 0.2) is 60.3 Å². The van der Waals surface area contributed by atoms with Crippen LogP contribution in [-0.4, -0.2) is 15.4 Å². The molecule has 7 heteroatoms. The molecule has 0 aliphatic heterocycles. The highest BCUT2D eigenvalue weighted by atomic mass is 16.6. The summed E-state index contributed by atoms with van der Waals surface area (Å²) in [4.78, 5) is 22.4. The van der Waals surface area contributed by atoms with Gasteiger partial charge in [0.1, 0.15) is 17.3 Å². The number of carbonyl (C=O) groups is 1. The van der Waals surface area contributed by atoms with Gasteiger partial charge in [-0.3, -0.25) is 14.9 Å². The second-order valence-electron chi connectivity index (χ2n) is 5.25. The van der Waals surface area contributed by atoms with Crippen LogP contribution in [-0.2, 0) is 4.79 Å². The van der Waals surface area contributed by atoms with E-state index in [4.69, 9.17) is 11.0 Å². The van der Waals surface area contributed by atoms with Gasteiger partial charge in [0.25, 0.3) is 11.6 Å². The molecule has 1 amide bonds. The molecule has 0 radical (unpaired) electrons. The Morgan fingerprint density at radius 1 is 1.20 bits per heavy atom. The van der Waals surface area contributed by atoms with Crippen molar-refractivity contribution in [2.24, 2.45) is 5.73 Å². The third kappa shape index (κ3) is 2.84. The van der Waals surface area contributed by atoms with E-state index in [2.05, 4.69) is 0 Å². The van der Waals surface area contributed by atoms with Crippen LogP contribution in [0, 0.1) is 21.4 Å². The van der Waals surface area contributed by atoms with Gasteiger partial charge in [0.15, 0.2) is 0 Å². The van der Waals surface area contributed by atoms with Crippen LogP contribution in [0.5, 0.6) is 0 Å². The number of carbonyl (C=O) groups excluding carboxylic acids is 1. The van der Waals surface area contributed by atoms with E-state index < -0.39 is 10.8 Å². The molecule has 0 spiro atoms.